The first-order valence-electron chi connectivity index (χ1n) is 10.4. The molecule has 1 aliphatic heterocycles. The van der Waals surface area contributed by atoms with Gasteiger partial charge in [0.15, 0.2) is 0 Å². The van der Waals surface area contributed by atoms with Gasteiger partial charge in [0.25, 0.3) is 5.91 Å². The molecule has 0 aliphatic carbocycles. The summed E-state index contributed by atoms with van der Waals surface area (Å²) in [6.45, 7) is 1.79. The quantitative estimate of drug-likeness (QED) is 0.507. The van der Waals surface area contributed by atoms with Crippen LogP contribution >= 0.6 is 0 Å². The van der Waals surface area contributed by atoms with E-state index in [0.717, 1.165) is 5.56 Å². The maximum Gasteiger partial charge on any atom is 0.270 e. The molecule has 0 atom stereocenters. The molecule has 9 heteroatoms. The van der Waals surface area contributed by atoms with E-state index in [1.165, 1.54) is 10.5 Å². The molecule has 8 nitrogen and oxygen atoms in total. The van der Waals surface area contributed by atoms with E-state index in [1.807, 2.05) is 53.2 Å². The summed E-state index contributed by atoms with van der Waals surface area (Å²) in [5.74, 6) is -0.0840. The molecule has 4 aromatic rings. The number of amides is 1. The van der Waals surface area contributed by atoms with Gasteiger partial charge in [-0.3, -0.25) is 4.79 Å². The van der Waals surface area contributed by atoms with Gasteiger partial charge in [0, 0.05) is 56.7 Å². The third-order valence-corrected chi connectivity index (χ3v) is 7.74. The first-order chi connectivity index (χ1) is 15.5. The second kappa shape index (κ2) is 8.25. The molecule has 0 bridgehead atoms. The molecule has 1 fully saturated rings. The molecule has 0 spiro atoms. The van der Waals surface area contributed by atoms with Crippen LogP contribution in [0.5, 0.6) is 0 Å². The van der Waals surface area contributed by atoms with E-state index in [9.17, 15) is 13.2 Å². The molecule has 4 heterocycles. The number of pyridine rings is 1. The van der Waals surface area contributed by atoms with Crippen molar-refractivity contribution >= 4 is 27.0 Å². The molecular formula is C23H23N5O3S. The Kier molecular flexibility index (Phi) is 5.28. The molecule has 0 radical (unpaired) electrons. The number of piperazine rings is 1. The fraction of sp³-hybridized carbons (Fsp3) is 0.217. The molecule has 164 valence electrons. The predicted molar refractivity (Wildman–Crippen MR) is 121 cm³/mol. The normalized spacial score (nSPS) is 15.3. The highest BCUT2D eigenvalue weighted by Crippen LogP contribution is 2.25. The monoisotopic (exact) mass is 449 g/mol. The van der Waals surface area contributed by atoms with Crippen LogP contribution in [0.3, 0.4) is 0 Å². The predicted octanol–water partition coefficient (Wildman–Crippen LogP) is 2.56. The third kappa shape index (κ3) is 3.69. The maximum absolute atomic E-state index is 13.2. The molecule has 32 heavy (non-hydrogen) atoms. The lowest BCUT2D eigenvalue weighted by Gasteiger charge is -2.34. The summed E-state index contributed by atoms with van der Waals surface area (Å²) in [5, 5.41) is 0.574. The van der Waals surface area contributed by atoms with Gasteiger partial charge in [-0.25, -0.2) is 13.4 Å². The fourth-order valence-corrected chi connectivity index (χ4v) is 5.68. The van der Waals surface area contributed by atoms with Crippen molar-refractivity contribution in [2.75, 3.05) is 26.2 Å². The summed E-state index contributed by atoms with van der Waals surface area (Å²) < 4.78 is 29.8. The van der Waals surface area contributed by atoms with Gasteiger partial charge in [0.2, 0.25) is 10.0 Å². The Morgan fingerprint density at radius 2 is 1.75 bits per heavy atom. The van der Waals surface area contributed by atoms with E-state index in [-0.39, 0.29) is 23.9 Å². The van der Waals surface area contributed by atoms with Gasteiger partial charge in [-0.05, 0) is 29.8 Å². The van der Waals surface area contributed by atoms with Crippen LogP contribution < -0.4 is 0 Å². The lowest BCUT2D eigenvalue weighted by Crippen LogP contribution is -2.50. The summed E-state index contributed by atoms with van der Waals surface area (Å²) in [6.07, 6.45) is 5.00. The summed E-state index contributed by atoms with van der Waals surface area (Å²) in [5.41, 5.74) is 2.26. The number of carbonyl (C=O) groups is 1. The van der Waals surface area contributed by atoms with Crippen molar-refractivity contribution in [3.05, 3.63) is 84.4 Å². The van der Waals surface area contributed by atoms with Gasteiger partial charge >= 0.3 is 0 Å². The third-order valence-electron chi connectivity index (χ3n) is 5.80. The number of nitrogens with zero attached hydrogens (tertiary/aromatic N) is 4. The summed E-state index contributed by atoms with van der Waals surface area (Å²) in [7, 11) is -3.68. The number of H-pyrrole nitrogens is 1. The minimum Gasteiger partial charge on any atom is -0.345 e. The zero-order valence-corrected chi connectivity index (χ0v) is 18.2. The summed E-state index contributed by atoms with van der Waals surface area (Å²) >= 11 is 0. The molecule has 1 aliphatic rings. The first-order valence-corrected chi connectivity index (χ1v) is 11.9. The average molecular weight is 450 g/mol. The molecule has 0 saturated carbocycles. The van der Waals surface area contributed by atoms with Crippen LogP contribution in [0, 0.1) is 0 Å². The van der Waals surface area contributed by atoms with E-state index in [0.29, 0.717) is 36.4 Å². The number of aromatic nitrogens is 3. The van der Waals surface area contributed by atoms with E-state index in [1.54, 1.807) is 23.2 Å². The van der Waals surface area contributed by atoms with Crippen LogP contribution in [0.2, 0.25) is 0 Å². The standard InChI is InChI=1S/C23H23N5O3S/c29-23(20-9-5-11-27(20)17-18-6-2-1-3-7-18)26-12-14-28(15-13-26)32(30,31)21-16-25-22-19(21)8-4-10-24-22/h1-11,16H,12-15,17H2,(H,24,25). The van der Waals surface area contributed by atoms with Crippen LogP contribution in [0.4, 0.5) is 0 Å². The molecule has 1 saturated heterocycles. The van der Waals surface area contributed by atoms with Crippen molar-refractivity contribution in [2.45, 2.75) is 11.4 Å². The number of hydrogen-bond acceptors (Lipinski definition) is 4. The molecule has 1 N–H and O–H groups in total. The number of nitrogens with one attached hydrogen (secondary N) is 1. The van der Waals surface area contributed by atoms with Crippen molar-refractivity contribution < 1.29 is 13.2 Å². The van der Waals surface area contributed by atoms with Gasteiger partial charge in [0.1, 0.15) is 16.2 Å². The molecular weight excluding hydrogens is 426 g/mol. The van der Waals surface area contributed by atoms with Crippen LogP contribution in [0.15, 0.2) is 78.1 Å². The lowest BCUT2D eigenvalue weighted by molar-refractivity contribution is 0.0687. The topological polar surface area (TPSA) is 91.3 Å². The second-order valence-corrected chi connectivity index (χ2v) is 9.66. The Balaban J connectivity index is 1.29. The van der Waals surface area contributed by atoms with Crippen molar-refractivity contribution in [1.82, 2.24) is 23.7 Å². The minimum absolute atomic E-state index is 0.0840. The van der Waals surface area contributed by atoms with Crippen molar-refractivity contribution in [3.8, 4) is 0 Å². The minimum atomic E-state index is -3.68. The van der Waals surface area contributed by atoms with E-state index in [2.05, 4.69) is 9.97 Å². The van der Waals surface area contributed by atoms with Crippen LogP contribution in [-0.4, -0.2) is 64.2 Å². The smallest absolute Gasteiger partial charge is 0.270 e. The van der Waals surface area contributed by atoms with Crippen LogP contribution in [0.25, 0.3) is 11.0 Å². The molecule has 1 amide bonds. The highest BCUT2D eigenvalue weighted by molar-refractivity contribution is 7.89. The van der Waals surface area contributed by atoms with Crippen molar-refractivity contribution in [1.29, 1.82) is 0 Å². The summed E-state index contributed by atoms with van der Waals surface area (Å²) in [4.78, 5) is 22.2. The Bertz CT molecular complexity index is 1350. The molecule has 5 rings (SSSR count). The van der Waals surface area contributed by atoms with Crippen LogP contribution in [0.1, 0.15) is 16.1 Å². The van der Waals surface area contributed by atoms with Gasteiger partial charge < -0.3 is 14.5 Å². The zero-order chi connectivity index (χ0) is 22.1. The van der Waals surface area contributed by atoms with Gasteiger partial charge in [-0.15, -0.1) is 0 Å². The maximum atomic E-state index is 13.2. The lowest BCUT2D eigenvalue weighted by atomic mass is 10.2. The Morgan fingerprint density at radius 1 is 0.969 bits per heavy atom. The molecule has 1 aromatic carbocycles. The summed E-state index contributed by atoms with van der Waals surface area (Å²) in [6, 6.07) is 17.1. The first kappa shape index (κ1) is 20.5. The number of fused-ring (bicyclic) bond motifs is 1. The Labute approximate surface area is 186 Å². The van der Waals surface area contributed by atoms with Gasteiger partial charge in [-0.2, -0.15) is 4.31 Å². The Hall–Kier alpha value is -3.43. The van der Waals surface area contributed by atoms with E-state index < -0.39 is 10.0 Å². The fourth-order valence-electron chi connectivity index (χ4n) is 4.10. The zero-order valence-electron chi connectivity index (χ0n) is 17.4. The number of carbonyl (C=O) groups excluding carboxylic acids is 1. The number of sulfonamides is 1. The molecule has 3 aromatic heterocycles. The van der Waals surface area contributed by atoms with Crippen molar-refractivity contribution in [2.24, 2.45) is 0 Å². The number of hydrogen-bond donors (Lipinski definition) is 1. The highest BCUT2D eigenvalue weighted by atomic mass is 32.2. The van der Waals surface area contributed by atoms with E-state index in [4.69, 9.17) is 0 Å². The van der Waals surface area contributed by atoms with Gasteiger partial charge in [0.05, 0.1) is 0 Å². The SMILES string of the molecule is O=C(c1cccn1Cc1ccccc1)N1CCN(S(=O)(=O)c2c[nH]c3ncccc23)CC1. The Morgan fingerprint density at radius 3 is 2.53 bits per heavy atom. The number of rotatable bonds is 5. The van der Waals surface area contributed by atoms with E-state index >= 15 is 0 Å². The van der Waals surface area contributed by atoms with Gasteiger partial charge in [-0.1, -0.05) is 30.3 Å². The van der Waals surface area contributed by atoms with Crippen LogP contribution in [-0.2, 0) is 16.6 Å². The number of aromatic amines is 1. The molecule has 0 unspecified atom stereocenters. The number of benzene rings is 1. The highest BCUT2D eigenvalue weighted by Gasteiger charge is 2.32. The average Bonchev–Trinajstić information content (AvgIpc) is 3.47. The van der Waals surface area contributed by atoms with Crippen molar-refractivity contribution in [3.63, 3.8) is 0 Å². The second-order valence-electron chi connectivity index (χ2n) is 7.76. The largest absolute Gasteiger partial charge is 0.345 e.